The van der Waals surface area contributed by atoms with Crippen molar-refractivity contribution in [1.82, 2.24) is 0 Å². The molecule has 0 saturated heterocycles. The van der Waals surface area contributed by atoms with Crippen LogP contribution in [0.15, 0.2) is 53.0 Å². The average Bonchev–Trinajstić information content (AvgIpc) is 2.46. The molecule has 0 heterocycles. The minimum atomic E-state index is -0.450. The lowest BCUT2D eigenvalue weighted by Gasteiger charge is -2.34. The predicted molar refractivity (Wildman–Crippen MR) is 88.0 cm³/mol. The number of hydrogen-bond acceptors (Lipinski definition) is 2. The number of aliphatic hydroxyl groups is 1. The first-order valence-corrected chi connectivity index (χ1v) is 7.61. The Labute approximate surface area is 129 Å². The maximum absolute atomic E-state index is 9.96. The molecule has 3 heteroatoms. The molecule has 0 spiro atoms. The summed E-state index contributed by atoms with van der Waals surface area (Å²) >= 11 is 3.48. The van der Waals surface area contributed by atoms with Gasteiger partial charge >= 0.3 is 0 Å². The maximum atomic E-state index is 9.96. The van der Waals surface area contributed by atoms with E-state index >= 15 is 0 Å². The van der Waals surface area contributed by atoms with Crippen molar-refractivity contribution in [1.29, 1.82) is 0 Å². The van der Waals surface area contributed by atoms with Gasteiger partial charge in [-0.3, -0.25) is 0 Å². The zero-order valence-corrected chi connectivity index (χ0v) is 13.4. The summed E-state index contributed by atoms with van der Waals surface area (Å²) in [6, 6.07) is 16.3. The van der Waals surface area contributed by atoms with Crippen molar-refractivity contribution in [2.45, 2.75) is 25.8 Å². The van der Waals surface area contributed by atoms with Gasteiger partial charge in [0.2, 0.25) is 0 Å². The first-order valence-electron chi connectivity index (χ1n) is 6.81. The zero-order chi connectivity index (χ0) is 14.6. The highest BCUT2D eigenvalue weighted by molar-refractivity contribution is 9.10. The number of nitrogens with one attached hydrogen (secondary N) is 1. The minimum Gasteiger partial charge on any atom is -0.394 e. The van der Waals surface area contributed by atoms with E-state index in [1.807, 2.05) is 24.3 Å². The van der Waals surface area contributed by atoms with Gasteiger partial charge in [-0.05, 0) is 37.1 Å². The molecule has 106 valence electrons. The molecule has 0 aliphatic carbocycles. The second-order valence-electron chi connectivity index (χ2n) is 5.10. The van der Waals surface area contributed by atoms with Crippen LogP contribution in [0.3, 0.4) is 0 Å². The molecule has 0 saturated carbocycles. The van der Waals surface area contributed by atoms with E-state index in [1.165, 1.54) is 5.56 Å². The van der Waals surface area contributed by atoms with E-state index in [4.69, 9.17) is 0 Å². The smallest absolute Gasteiger partial charge is 0.0854 e. The molecule has 0 aromatic heterocycles. The van der Waals surface area contributed by atoms with Gasteiger partial charge in [-0.15, -0.1) is 0 Å². The van der Waals surface area contributed by atoms with Crippen LogP contribution < -0.4 is 5.32 Å². The van der Waals surface area contributed by atoms with Crippen LogP contribution >= 0.6 is 15.9 Å². The van der Waals surface area contributed by atoms with Crippen LogP contribution in [0.2, 0.25) is 0 Å². The largest absolute Gasteiger partial charge is 0.394 e. The Morgan fingerprint density at radius 2 is 1.85 bits per heavy atom. The SMILES string of the molecule is CCC(CO)(Nc1cccc(Br)c1)c1ccc(C)cc1. The van der Waals surface area contributed by atoms with Crippen molar-refractivity contribution in [3.05, 3.63) is 64.1 Å². The Bertz CT molecular complexity index is 561. The summed E-state index contributed by atoms with van der Waals surface area (Å²) < 4.78 is 1.02. The van der Waals surface area contributed by atoms with Crippen LogP contribution in [0.25, 0.3) is 0 Å². The van der Waals surface area contributed by atoms with Crippen LogP contribution in [0.5, 0.6) is 0 Å². The number of rotatable bonds is 5. The summed E-state index contributed by atoms with van der Waals surface area (Å²) in [6.07, 6.45) is 0.805. The minimum absolute atomic E-state index is 0.0546. The van der Waals surface area contributed by atoms with Crippen molar-refractivity contribution in [3.8, 4) is 0 Å². The molecule has 0 aliphatic rings. The highest BCUT2D eigenvalue weighted by atomic mass is 79.9. The number of benzene rings is 2. The van der Waals surface area contributed by atoms with Crippen molar-refractivity contribution < 1.29 is 5.11 Å². The normalized spacial score (nSPS) is 13.8. The molecule has 2 aromatic carbocycles. The van der Waals surface area contributed by atoms with Crippen molar-refractivity contribution in [2.75, 3.05) is 11.9 Å². The first kappa shape index (κ1) is 15.1. The summed E-state index contributed by atoms with van der Waals surface area (Å²) in [6.45, 7) is 4.21. The molecule has 0 fully saturated rings. The number of anilines is 1. The number of aryl methyl sites for hydroxylation is 1. The molecule has 0 aliphatic heterocycles. The average molecular weight is 334 g/mol. The van der Waals surface area contributed by atoms with Crippen LogP contribution in [0.4, 0.5) is 5.69 Å². The molecule has 20 heavy (non-hydrogen) atoms. The third kappa shape index (κ3) is 3.22. The number of halogens is 1. The summed E-state index contributed by atoms with van der Waals surface area (Å²) in [4.78, 5) is 0. The second kappa shape index (κ2) is 6.42. The highest BCUT2D eigenvalue weighted by Gasteiger charge is 2.29. The van der Waals surface area contributed by atoms with Crippen molar-refractivity contribution in [3.63, 3.8) is 0 Å². The molecule has 2 nitrogen and oxygen atoms in total. The van der Waals surface area contributed by atoms with Crippen molar-refractivity contribution >= 4 is 21.6 Å². The van der Waals surface area contributed by atoms with E-state index in [9.17, 15) is 5.11 Å². The molecular weight excluding hydrogens is 314 g/mol. The first-order chi connectivity index (χ1) is 9.59. The number of hydrogen-bond donors (Lipinski definition) is 2. The van der Waals surface area contributed by atoms with Gasteiger partial charge in [-0.25, -0.2) is 0 Å². The fraction of sp³-hybridized carbons (Fsp3) is 0.294. The molecular formula is C17H20BrNO. The maximum Gasteiger partial charge on any atom is 0.0854 e. The Balaban J connectivity index is 2.36. The van der Waals surface area contributed by atoms with E-state index in [0.29, 0.717) is 0 Å². The molecule has 2 aromatic rings. The third-order valence-corrected chi connectivity index (χ3v) is 4.18. The zero-order valence-electron chi connectivity index (χ0n) is 11.9. The van der Waals surface area contributed by atoms with E-state index < -0.39 is 5.54 Å². The van der Waals surface area contributed by atoms with Crippen LogP contribution in [0, 0.1) is 6.92 Å². The van der Waals surface area contributed by atoms with Gasteiger partial charge in [0.15, 0.2) is 0 Å². The summed E-state index contributed by atoms with van der Waals surface area (Å²) in [5, 5.41) is 13.4. The topological polar surface area (TPSA) is 32.3 Å². The van der Waals surface area contributed by atoms with Crippen LogP contribution in [-0.2, 0) is 5.54 Å². The quantitative estimate of drug-likeness (QED) is 0.846. The Morgan fingerprint density at radius 3 is 2.40 bits per heavy atom. The fourth-order valence-corrected chi connectivity index (χ4v) is 2.72. The summed E-state index contributed by atoms with van der Waals surface area (Å²) in [5.74, 6) is 0. The van der Waals surface area contributed by atoms with Gasteiger partial charge in [-0.1, -0.05) is 58.7 Å². The monoisotopic (exact) mass is 333 g/mol. The van der Waals surface area contributed by atoms with Gasteiger partial charge in [0.1, 0.15) is 0 Å². The molecule has 0 amide bonds. The predicted octanol–water partition coefficient (Wildman–Crippen LogP) is 4.47. The van der Waals surface area contributed by atoms with Crippen LogP contribution in [0.1, 0.15) is 24.5 Å². The molecule has 2 N–H and O–H groups in total. The summed E-state index contributed by atoms with van der Waals surface area (Å²) in [5.41, 5.74) is 2.87. The molecule has 1 unspecified atom stereocenters. The van der Waals surface area contributed by atoms with E-state index in [-0.39, 0.29) is 6.61 Å². The van der Waals surface area contributed by atoms with Gasteiger partial charge in [0.25, 0.3) is 0 Å². The molecule has 1 atom stereocenters. The third-order valence-electron chi connectivity index (χ3n) is 3.69. The lowest BCUT2D eigenvalue weighted by Crippen LogP contribution is -2.38. The highest BCUT2D eigenvalue weighted by Crippen LogP contribution is 2.30. The van der Waals surface area contributed by atoms with Gasteiger partial charge in [0.05, 0.1) is 12.1 Å². The lowest BCUT2D eigenvalue weighted by molar-refractivity contribution is 0.207. The Hall–Kier alpha value is -1.32. The number of aliphatic hydroxyl groups excluding tert-OH is 1. The second-order valence-corrected chi connectivity index (χ2v) is 6.01. The van der Waals surface area contributed by atoms with Crippen LogP contribution in [-0.4, -0.2) is 11.7 Å². The Morgan fingerprint density at radius 1 is 1.15 bits per heavy atom. The molecule has 0 radical (unpaired) electrons. The lowest BCUT2D eigenvalue weighted by atomic mass is 9.87. The molecule has 2 rings (SSSR count). The fourth-order valence-electron chi connectivity index (χ4n) is 2.32. The van der Waals surface area contributed by atoms with E-state index in [1.54, 1.807) is 0 Å². The van der Waals surface area contributed by atoms with Gasteiger partial charge < -0.3 is 10.4 Å². The standard InChI is InChI=1S/C17H20BrNO/c1-3-17(12-20,14-9-7-13(2)8-10-14)19-16-6-4-5-15(18)11-16/h4-11,19-20H,3,12H2,1-2H3. The summed E-state index contributed by atoms with van der Waals surface area (Å²) in [7, 11) is 0. The van der Waals surface area contributed by atoms with Gasteiger partial charge in [0, 0.05) is 10.2 Å². The van der Waals surface area contributed by atoms with E-state index in [0.717, 1.165) is 22.1 Å². The van der Waals surface area contributed by atoms with Crippen molar-refractivity contribution in [2.24, 2.45) is 0 Å². The molecule has 0 bridgehead atoms. The van der Waals surface area contributed by atoms with Gasteiger partial charge in [-0.2, -0.15) is 0 Å². The van der Waals surface area contributed by atoms with E-state index in [2.05, 4.69) is 59.4 Å². The Kier molecular flexibility index (Phi) is 4.84.